The summed E-state index contributed by atoms with van der Waals surface area (Å²) >= 11 is 0. The topological polar surface area (TPSA) is 26.3 Å². The Balaban J connectivity index is 2.09. The van der Waals surface area contributed by atoms with Crippen molar-refractivity contribution in [1.29, 1.82) is 0 Å². The molecular weight excluding hydrogens is 236 g/mol. The van der Waals surface area contributed by atoms with Crippen molar-refractivity contribution in [3.63, 3.8) is 0 Å². The number of carbonyl (C=O) groups excluding carboxylic acids is 1. The quantitative estimate of drug-likeness (QED) is 0.592. The molecule has 19 heavy (non-hydrogen) atoms. The van der Waals surface area contributed by atoms with Crippen LogP contribution in [-0.2, 0) is 4.74 Å². The molecule has 0 aliphatic heterocycles. The van der Waals surface area contributed by atoms with E-state index in [1.165, 1.54) is 19.3 Å². The van der Waals surface area contributed by atoms with Gasteiger partial charge in [0.15, 0.2) is 0 Å². The van der Waals surface area contributed by atoms with Crippen molar-refractivity contribution in [1.82, 2.24) is 0 Å². The summed E-state index contributed by atoms with van der Waals surface area (Å²) < 4.78 is 5.76. The number of hydrogen-bond donors (Lipinski definition) is 0. The van der Waals surface area contributed by atoms with Gasteiger partial charge in [-0.05, 0) is 38.0 Å². The highest BCUT2D eigenvalue weighted by molar-refractivity contribution is 5.89. The van der Waals surface area contributed by atoms with Crippen molar-refractivity contribution in [2.75, 3.05) is 0 Å². The first-order valence-electron chi connectivity index (χ1n) is 7.08. The number of hydrogen-bond acceptors (Lipinski definition) is 2. The van der Waals surface area contributed by atoms with Gasteiger partial charge in [-0.1, -0.05) is 44.0 Å². The van der Waals surface area contributed by atoms with Gasteiger partial charge in [0.1, 0.15) is 5.60 Å². The maximum atomic E-state index is 12.2. The van der Waals surface area contributed by atoms with Crippen molar-refractivity contribution < 1.29 is 9.53 Å². The van der Waals surface area contributed by atoms with E-state index in [9.17, 15) is 4.79 Å². The Morgan fingerprint density at radius 1 is 1.26 bits per heavy atom. The molecule has 0 bridgehead atoms. The zero-order valence-electron chi connectivity index (χ0n) is 11.6. The summed E-state index contributed by atoms with van der Waals surface area (Å²) in [4.78, 5) is 12.2. The Kier molecular flexibility index (Phi) is 4.41. The lowest BCUT2D eigenvalue weighted by Crippen LogP contribution is -2.38. The lowest BCUT2D eigenvalue weighted by molar-refractivity contribution is -0.0218. The van der Waals surface area contributed by atoms with Gasteiger partial charge >= 0.3 is 5.97 Å². The molecule has 1 aromatic carbocycles. The minimum absolute atomic E-state index is 0.256. The van der Waals surface area contributed by atoms with Crippen LogP contribution < -0.4 is 0 Å². The molecule has 1 aliphatic carbocycles. The van der Waals surface area contributed by atoms with Gasteiger partial charge in [0, 0.05) is 5.92 Å². The number of rotatable bonds is 4. The summed E-state index contributed by atoms with van der Waals surface area (Å²) in [5, 5.41) is 0. The molecule has 1 unspecified atom stereocenters. The first-order chi connectivity index (χ1) is 9.15. The molecule has 0 saturated heterocycles. The summed E-state index contributed by atoms with van der Waals surface area (Å²) in [5.74, 6) is 0.139. The number of carbonyl (C=O) groups is 1. The second-order valence-electron chi connectivity index (χ2n) is 5.48. The summed E-state index contributed by atoms with van der Waals surface area (Å²) in [5.41, 5.74) is 0.0549. The molecule has 102 valence electrons. The minimum Gasteiger partial charge on any atom is -0.451 e. The Labute approximate surface area is 115 Å². The molecule has 2 heteroatoms. The van der Waals surface area contributed by atoms with Crippen molar-refractivity contribution in [2.45, 2.75) is 44.6 Å². The van der Waals surface area contributed by atoms with Crippen LogP contribution in [0.1, 0.15) is 49.4 Å². The number of ether oxygens (including phenoxy) is 1. The maximum absolute atomic E-state index is 12.2. The van der Waals surface area contributed by atoms with Gasteiger partial charge in [0.2, 0.25) is 0 Å². The first-order valence-corrected chi connectivity index (χ1v) is 7.08. The monoisotopic (exact) mass is 258 g/mol. The Morgan fingerprint density at radius 3 is 2.47 bits per heavy atom. The van der Waals surface area contributed by atoms with Gasteiger partial charge in [0.05, 0.1) is 5.56 Å². The molecule has 0 aromatic heterocycles. The van der Waals surface area contributed by atoms with Gasteiger partial charge in [-0.15, -0.1) is 0 Å². The lowest BCUT2D eigenvalue weighted by atomic mass is 9.77. The first kappa shape index (κ1) is 13.9. The molecule has 0 radical (unpaired) electrons. The van der Waals surface area contributed by atoms with E-state index in [0.29, 0.717) is 11.5 Å². The second-order valence-corrected chi connectivity index (χ2v) is 5.48. The van der Waals surface area contributed by atoms with Gasteiger partial charge in [0.25, 0.3) is 0 Å². The molecule has 2 rings (SSSR count). The van der Waals surface area contributed by atoms with E-state index >= 15 is 0 Å². The predicted octanol–water partition coefficient (Wildman–Crippen LogP) is 4.37. The molecule has 1 saturated carbocycles. The van der Waals surface area contributed by atoms with E-state index < -0.39 is 5.60 Å². The van der Waals surface area contributed by atoms with Crippen LogP contribution in [0.2, 0.25) is 0 Å². The highest BCUT2D eigenvalue weighted by Gasteiger charge is 2.36. The molecule has 1 aromatic rings. The molecule has 0 N–H and O–H groups in total. The predicted molar refractivity (Wildman–Crippen MR) is 77.0 cm³/mol. The molecule has 1 aliphatic rings. The molecule has 2 nitrogen and oxygen atoms in total. The van der Waals surface area contributed by atoms with Crippen LogP contribution in [0, 0.1) is 5.92 Å². The van der Waals surface area contributed by atoms with Crippen LogP contribution in [0.25, 0.3) is 0 Å². The van der Waals surface area contributed by atoms with E-state index in [-0.39, 0.29) is 5.97 Å². The molecule has 0 amide bonds. The van der Waals surface area contributed by atoms with Crippen molar-refractivity contribution in [3.05, 3.63) is 48.6 Å². The van der Waals surface area contributed by atoms with Crippen LogP contribution >= 0.6 is 0 Å². The van der Waals surface area contributed by atoms with Crippen molar-refractivity contribution in [3.8, 4) is 0 Å². The summed E-state index contributed by atoms with van der Waals surface area (Å²) in [6, 6.07) is 9.16. The van der Waals surface area contributed by atoms with Crippen LogP contribution in [0.15, 0.2) is 43.0 Å². The average molecular weight is 258 g/mol. The molecule has 1 atom stereocenters. The summed E-state index contributed by atoms with van der Waals surface area (Å²) in [7, 11) is 0. The zero-order chi connectivity index (χ0) is 13.7. The van der Waals surface area contributed by atoms with Gasteiger partial charge in [-0.25, -0.2) is 4.79 Å². The highest BCUT2D eigenvalue weighted by atomic mass is 16.6. The Bertz CT molecular complexity index is 432. The number of esters is 1. The van der Waals surface area contributed by atoms with Crippen LogP contribution in [0.3, 0.4) is 0 Å². The van der Waals surface area contributed by atoms with Crippen molar-refractivity contribution >= 4 is 5.97 Å². The van der Waals surface area contributed by atoms with Gasteiger partial charge in [-0.3, -0.25) is 0 Å². The average Bonchev–Trinajstić information content (AvgIpc) is 2.49. The molecule has 1 fully saturated rings. The zero-order valence-corrected chi connectivity index (χ0v) is 11.6. The van der Waals surface area contributed by atoms with Crippen LogP contribution in [0.5, 0.6) is 0 Å². The van der Waals surface area contributed by atoms with Gasteiger partial charge in [-0.2, -0.15) is 0 Å². The fourth-order valence-electron chi connectivity index (χ4n) is 2.80. The van der Waals surface area contributed by atoms with Crippen LogP contribution in [0.4, 0.5) is 0 Å². The third kappa shape index (κ3) is 3.25. The third-order valence-corrected chi connectivity index (χ3v) is 4.14. The molecular formula is C17H22O2. The van der Waals surface area contributed by atoms with E-state index in [2.05, 4.69) is 6.58 Å². The molecule has 0 spiro atoms. The van der Waals surface area contributed by atoms with Crippen molar-refractivity contribution in [2.24, 2.45) is 5.92 Å². The lowest BCUT2D eigenvalue weighted by Gasteiger charge is -2.37. The maximum Gasteiger partial charge on any atom is 0.338 e. The van der Waals surface area contributed by atoms with Crippen LogP contribution in [-0.4, -0.2) is 11.6 Å². The van der Waals surface area contributed by atoms with E-state index in [4.69, 9.17) is 4.74 Å². The standard InChI is InChI=1S/C17H22O2/c1-3-17(2,15-12-8-5-9-13-15)19-16(18)14-10-6-4-7-11-14/h3-4,6-7,10-11,15H,1,5,8-9,12-13H2,2H3. The summed E-state index contributed by atoms with van der Waals surface area (Å²) in [6.45, 7) is 5.86. The fraction of sp³-hybridized carbons (Fsp3) is 0.471. The SMILES string of the molecule is C=CC(C)(OC(=O)c1ccccc1)C1CCCCC1. The van der Waals surface area contributed by atoms with E-state index in [1.807, 2.05) is 25.1 Å². The normalized spacial score (nSPS) is 19.4. The largest absolute Gasteiger partial charge is 0.451 e. The minimum atomic E-state index is -0.548. The fourth-order valence-corrected chi connectivity index (χ4v) is 2.80. The number of benzene rings is 1. The molecule has 0 heterocycles. The Morgan fingerprint density at radius 2 is 1.89 bits per heavy atom. The highest BCUT2D eigenvalue weighted by Crippen LogP contribution is 2.36. The smallest absolute Gasteiger partial charge is 0.338 e. The van der Waals surface area contributed by atoms with E-state index in [0.717, 1.165) is 12.8 Å². The van der Waals surface area contributed by atoms with E-state index in [1.54, 1.807) is 18.2 Å². The van der Waals surface area contributed by atoms with Gasteiger partial charge < -0.3 is 4.74 Å². The Hall–Kier alpha value is -1.57. The second kappa shape index (κ2) is 6.05. The third-order valence-electron chi connectivity index (χ3n) is 4.14. The summed E-state index contributed by atoms with van der Waals surface area (Å²) in [6.07, 6.45) is 7.75.